The van der Waals surface area contributed by atoms with E-state index in [2.05, 4.69) is 16.6 Å². The number of rotatable bonds is 4. The standard InChI is InChI=1S/C12H13FN2S/c1-2-14-8-11-7-12(15-16-11)9-4-3-5-10(13)6-9/h3-7,14H,2,8H2,1H3. The molecule has 0 bridgehead atoms. The lowest BCUT2D eigenvalue weighted by Gasteiger charge is -1.96. The van der Waals surface area contributed by atoms with Crippen molar-refractivity contribution in [3.8, 4) is 11.3 Å². The van der Waals surface area contributed by atoms with Crippen LogP contribution in [0.4, 0.5) is 4.39 Å². The predicted molar refractivity (Wildman–Crippen MR) is 64.9 cm³/mol. The van der Waals surface area contributed by atoms with Crippen LogP contribution < -0.4 is 5.32 Å². The molecular formula is C12H13FN2S. The van der Waals surface area contributed by atoms with Crippen molar-refractivity contribution in [2.45, 2.75) is 13.5 Å². The summed E-state index contributed by atoms with van der Waals surface area (Å²) in [6, 6.07) is 8.52. The first-order chi connectivity index (χ1) is 7.79. The minimum atomic E-state index is -0.223. The first-order valence-corrected chi connectivity index (χ1v) is 5.99. The number of nitrogens with one attached hydrogen (secondary N) is 1. The van der Waals surface area contributed by atoms with E-state index in [9.17, 15) is 4.39 Å². The van der Waals surface area contributed by atoms with Crippen LogP contribution in [0.5, 0.6) is 0 Å². The second kappa shape index (κ2) is 5.18. The fourth-order valence-corrected chi connectivity index (χ4v) is 2.13. The third-order valence-corrected chi connectivity index (χ3v) is 3.01. The summed E-state index contributed by atoms with van der Waals surface area (Å²) in [5, 5.41) is 3.24. The Morgan fingerprint density at radius 3 is 3.00 bits per heavy atom. The Morgan fingerprint density at radius 2 is 2.25 bits per heavy atom. The summed E-state index contributed by atoms with van der Waals surface area (Å²) < 4.78 is 17.3. The van der Waals surface area contributed by atoms with E-state index in [0.29, 0.717) is 0 Å². The first kappa shape index (κ1) is 11.2. The van der Waals surface area contributed by atoms with Gasteiger partial charge in [0, 0.05) is 17.0 Å². The number of hydrogen-bond acceptors (Lipinski definition) is 3. The van der Waals surface area contributed by atoms with E-state index in [-0.39, 0.29) is 5.82 Å². The van der Waals surface area contributed by atoms with Gasteiger partial charge in [0.15, 0.2) is 0 Å². The van der Waals surface area contributed by atoms with E-state index < -0.39 is 0 Å². The van der Waals surface area contributed by atoms with Gasteiger partial charge in [0.2, 0.25) is 0 Å². The SMILES string of the molecule is CCNCc1cc(-c2cccc(F)c2)ns1. The number of halogens is 1. The molecule has 0 saturated carbocycles. The van der Waals surface area contributed by atoms with Crippen LogP contribution in [0.2, 0.25) is 0 Å². The Kier molecular flexibility index (Phi) is 3.64. The van der Waals surface area contributed by atoms with Crippen molar-refractivity contribution in [3.63, 3.8) is 0 Å². The molecule has 1 heterocycles. The lowest BCUT2D eigenvalue weighted by Crippen LogP contribution is -2.10. The Balaban J connectivity index is 2.18. The van der Waals surface area contributed by atoms with Crippen molar-refractivity contribution in [2.24, 2.45) is 0 Å². The molecule has 0 atom stereocenters. The van der Waals surface area contributed by atoms with Crippen LogP contribution in [0.1, 0.15) is 11.8 Å². The minimum Gasteiger partial charge on any atom is -0.312 e. The zero-order valence-electron chi connectivity index (χ0n) is 9.03. The highest BCUT2D eigenvalue weighted by Crippen LogP contribution is 2.22. The van der Waals surface area contributed by atoms with Crippen molar-refractivity contribution in [3.05, 3.63) is 41.0 Å². The lowest BCUT2D eigenvalue weighted by atomic mass is 10.1. The summed E-state index contributed by atoms with van der Waals surface area (Å²) in [6.45, 7) is 3.82. The molecule has 4 heteroatoms. The number of aromatic nitrogens is 1. The Morgan fingerprint density at radius 1 is 1.38 bits per heavy atom. The maximum Gasteiger partial charge on any atom is 0.123 e. The fraction of sp³-hybridized carbons (Fsp3) is 0.250. The predicted octanol–water partition coefficient (Wildman–Crippen LogP) is 3.06. The maximum atomic E-state index is 13.0. The van der Waals surface area contributed by atoms with Crippen molar-refractivity contribution >= 4 is 11.5 Å². The van der Waals surface area contributed by atoms with Gasteiger partial charge in [-0.25, -0.2) is 4.39 Å². The Bertz CT molecular complexity index is 468. The molecular weight excluding hydrogens is 223 g/mol. The van der Waals surface area contributed by atoms with Gasteiger partial charge in [-0.1, -0.05) is 19.1 Å². The molecule has 2 aromatic rings. The van der Waals surface area contributed by atoms with Crippen LogP contribution in [0.3, 0.4) is 0 Å². The molecule has 0 aliphatic carbocycles. The van der Waals surface area contributed by atoms with E-state index in [0.717, 1.165) is 24.3 Å². The monoisotopic (exact) mass is 236 g/mol. The van der Waals surface area contributed by atoms with Crippen LogP contribution >= 0.6 is 11.5 Å². The summed E-state index contributed by atoms with van der Waals surface area (Å²) in [4.78, 5) is 1.17. The topological polar surface area (TPSA) is 24.9 Å². The number of benzene rings is 1. The Labute approximate surface area is 98.3 Å². The molecule has 1 aromatic carbocycles. The van der Waals surface area contributed by atoms with Crippen molar-refractivity contribution in [2.75, 3.05) is 6.54 Å². The molecule has 2 nitrogen and oxygen atoms in total. The van der Waals surface area contributed by atoms with Gasteiger partial charge in [-0.15, -0.1) is 0 Å². The first-order valence-electron chi connectivity index (χ1n) is 5.22. The summed E-state index contributed by atoms with van der Waals surface area (Å²) in [5.41, 5.74) is 1.68. The fourth-order valence-electron chi connectivity index (χ4n) is 1.43. The smallest absolute Gasteiger partial charge is 0.123 e. The highest BCUT2D eigenvalue weighted by molar-refractivity contribution is 7.06. The van der Waals surface area contributed by atoms with Gasteiger partial charge < -0.3 is 5.32 Å². The van der Waals surface area contributed by atoms with Crippen LogP contribution in [0.25, 0.3) is 11.3 Å². The summed E-state index contributed by atoms with van der Waals surface area (Å²) in [6.07, 6.45) is 0. The number of hydrogen-bond donors (Lipinski definition) is 1. The quantitative estimate of drug-likeness (QED) is 0.882. The third-order valence-electron chi connectivity index (χ3n) is 2.23. The molecule has 0 amide bonds. The highest BCUT2D eigenvalue weighted by atomic mass is 32.1. The van der Waals surface area contributed by atoms with Crippen LogP contribution in [-0.4, -0.2) is 10.9 Å². The second-order valence-corrected chi connectivity index (χ2v) is 4.36. The molecule has 16 heavy (non-hydrogen) atoms. The summed E-state index contributed by atoms with van der Waals surface area (Å²) >= 11 is 1.46. The molecule has 0 spiro atoms. The molecule has 0 unspecified atom stereocenters. The molecule has 1 aromatic heterocycles. The lowest BCUT2D eigenvalue weighted by molar-refractivity contribution is 0.628. The van der Waals surface area contributed by atoms with Gasteiger partial charge in [-0.05, 0) is 36.3 Å². The van der Waals surface area contributed by atoms with Crippen molar-refractivity contribution in [1.29, 1.82) is 0 Å². The van der Waals surface area contributed by atoms with Crippen LogP contribution in [-0.2, 0) is 6.54 Å². The molecule has 84 valence electrons. The van der Waals surface area contributed by atoms with Gasteiger partial charge >= 0.3 is 0 Å². The van der Waals surface area contributed by atoms with Crippen LogP contribution in [0.15, 0.2) is 30.3 Å². The van der Waals surface area contributed by atoms with E-state index in [4.69, 9.17) is 0 Å². The maximum absolute atomic E-state index is 13.0. The highest BCUT2D eigenvalue weighted by Gasteiger charge is 2.04. The molecule has 2 rings (SSSR count). The third kappa shape index (κ3) is 2.65. The van der Waals surface area contributed by atoms with E-state index >= 15 is 0 Å². The minimum absolute atomic E-state index is 0.223. The molecule has 0 saturated heterocycles. The normalized spacial score (nSPS) is 10.6. The molecule has 0 radical (unpaired) electrons. The average Bonchev–Trinajstić information content (AvgIpc) is 2.75. The molecule has 0 aliphatic rings. The van der Waals surface area contributed by atoms with Crippen molar-refractivity contribution in [1.82, 2.24) is 9.69 Å². The summed E-state index contributed by atoms with van der Waals surface area (Å²) in [7, 11) is 0. The van der Waals surface area contributed by atoms with E-state index in [1.54, 1.807) is 6.07 Å². The van der Waals surface area contributed by atoms with Gasteiger partial charge in [0.1, 0.15) is 5.82 Å². The van der Waals surface area contributed by atoms with Gasteiger partial charge in [0.05, 0.1) is 5.69 Å². The largest absolute Gasteiger partial charge is 0.312 e. The van der Waals surface area contributed by atoms with E-state index in [1.807, 2.05) is 12.1 Å². The Hall–Kier alpha value is -1.26. The zero-order chi connectivity index (χ0) is 11.4. The summed E-state index contributed by atoms with van der Waals surface area (Å²) in [5.74, 6) is -0.223. The molecule has 0 fully saturated rings. The van der Waals surface area contributed by atoms with Gasteiger partial charge in [0.25, 0.3) is 0 Å². The molecule has 0 aliphatic heterocycles. The van der Waals surface area contributed by atoms with Gasteiger partial charge in [-0.3, -0.25) is 0 Å². The zero-order valence-corrected chi connectivity index (χ0v) is 9.85. The van der Waals surface area contributed by atoms with Crippen LogP contribution in [0, 0.1) is 5.82 Å². The average molecular weight is 236 g/mol. The molecule has 1 N–H and O–H groups in total. The number of nitrogens with zero attached hydrogens (tertiary/aromatic N) is 1. The van der Waals surface area contributed by atoms with E-state index in [1.165, 1.54) is 28.5 Å². The second-order valence-electron chi connectivity index (χ2n) is 3.47. The van der Waals surface area contributed by atoms with Crippen molar-refractivity contribution < 1.29 is 4.39 Å². The van der Waals surface area contributed by atoms with Gasteiger partial charge in [-0.2, -0.15) is 4.37 Å².